The molecule has 1 amide bonds. The van der Waals surface area contributed by atoms with E-state index in [0.29, 0.717) is 12.2 Å². The van der Waals surface area contributed by atoms with Gasteiger partial charge in [0.1, 0.15) is 5.76 Å². The minimum atomic E-state index is -0.137. The number of nitrogens with one attached hydrogen (secondary N) is 1. The predicted molar refractivity (Wildman–Crippen MR) is 93.8 cm³/mol. The third-order valence-corrected chi connectivity index (χ3v) is 4.63. The molecule has 0 aliphatic heterocycles. The number of hydrogen-bond acceptors (Lipinski definition) is 4. The highest BCUT2D eigenvalue weighted by Crippen LogP contribution is 2.22. The summed E-state index contributed by atoms with van der Waals surface area (Å²) in [5.74, 6) is 0.648. The van der Waals surface area contributed by atoms with Crippen molar-refractivity contribution in [2.24, 2.45) is 5.41 Å². The molecule has 1 rings (SSSR count). The maximum atomic E-state index is 12.4. The van der Waals surface area contributed by atoms with E-state index in [1.54, 1.807) is 0 Å². The van der Waals surface area contributed by atoms with E-state index in [0.717, 1.165) is 37.3 Å². The summed E-state index contributed by atoms with van der Waals surface area (Å²) < 4.78 is 5.21. The number of aryl methyl sites for hydroxylation is 1. The Morgan fingerprint density at radius 2 is 2.04 bits per heavy atom. The number of nitrogens with zero attached hydrogens (tertiary/aromatic N) is 2. The Morgan fingerprint density at radius 1 is 1.35 bits per heavy atom. The molecule has 1 N–H and O–H groups in total. The Bertz CT molecular complexity index is 498. The highest BCUT2D eigenvalue weighted by molar-refractivity contribution is 5.93. The lowest BCUT2D eigenvalue weighted by atomic mass is 9.86. The van der Waals surface area contributed by atoms with Gasteiger partial charge < -0.3 is 14.7 Å². The van der Waals surface area contributed by atoms with Gasteiger partial charge in [-0.3, -0.25) is 4.79 Å². The molecule has 5 heteroatoms. The molecule has 1 aromatic heterocycles. The van der Waals surface area contributed by atoms with Crippen LogP contribution in [0.4, 0.5) is 0 Å². The van der Waals surface area contributed by atoms with E-state index < -0.39 is 0 Å². The van der Waals surface area contributed by atoms with Crippen LogP contribution in [0.1, 0.15) is 68.8 Å². The van der Waals surface area contributed by atoms with Crippen molar-refractivity contribution in [3.8, 4) is 0 Å². The molecule has 1 unspecified atom stereocenters. The number of carbonyl (C=O) groups is 1. The van der Waals surface area contributed by atoms with Crippen LogP contribution in [0.3, 0.4) is 0 Å². The van der Waals surface area contributed by atoms with Crippen molar-refractivity contribution in [1.82, 2.24) is 15.4 Å². The van der Waals surface area contributed by atoms with Crippen molar-refractivity contribution in [1.29, 1.82) is 0 Å². The number of hydrogen-bond donors (Lipinski definition) is 1. The summed E-state index contributed by atoms with van der Waals surface area (Å²) in [6.45, 7) is 13.2. The van der Waals surface area contributed by atoms with Gasteiger partial charge in [-0.25, -0.2) is 0 Å². The summed E-state index contributed by atoms with van der Waals surface area (Å²) in [6, 6.07) is 0. The van der Waals surface area contributed by atoms with Crippen molar-refractivity contribution < 1.29 is 9.32 Å². The number of carbonyl (C=O) groups excluding carboxylic acids is 1. The molecular weight excluding hydrogens is 290 g/mol. The zero-order valence-electron chi connectivity index (χ0n) is 15.7. The summed E-state index contributed by atoms with van der Waals surface area (Å²) >= 11 is 0. The number of amides is 1. The van der Waals surface area contributed by atoms with Crippen LogP contribution in [0, 0.1) is 12.3 Å². The minimum absolute atomic E-state index is 0.0589. The van der Waals surface area contributed by atoms with Crippen molar-refractivity contribution in [3.63, 3.8) is 0 Å². The van der Waals surface area contributed by atoms with Crippen LogP contribution in [0.15, 0.2) is 4.52 Å². The van der Waals surface area contributed by atoms with Gasteiger partial charge in [0.05, 0.1) is 0 Å². The van der Waals surface area contributed by atoms with E-state index in [9.17, 15) is 4.79 Å². The van der Waals surface area contributed by atoms with Crippen LogP contribution in [0.2, 0.25) is 0 Å². The average molecular weight is 323 g/mol. The molecule has 0 aromatic carbocycles. The highest BCUT2D eigenvalue weighted by atomic mass is 16.5. The largest absolute Gasteiger partial charge is 0.360 e. The number of rotatable bonds is 10. The molecular formula is C18H33N3O2. The molecule has 0 saturated heterocycles. The molecule has 0 bridgehead atoms. The Hall–Kier alpha value is -1.36. The summed E-state index contributed by atoms with van der Waals surface area (Å²) in [4.78, 5) is 14.7. The van der Waals surface area contributed by atoms with Crippen molar-refractivity contribution in [3.05, 3.63) is 17.0 Å². The van der Waals surface area contributed by atoms with Crippen LogP contribution in [-0.2, 0) is 6.42 Å². The molecule has 1 atom stereocenters. The van der Waals surface area contributed by atoms with E-state index in [1.807, 2.05) is 13.8 Å². The van der Waals surface area contributed by atoms with Gasteiger partial charge in [0, 0.05) is 25.1 Å². The van der Waals surface area contributed by atoms with Gasteiger partial charge in [0.15, 0.2) is 5.69 Å². The first kappa shape index (κ1) is 19.7. The Balaban J connectivity index is 2.61. The number of aromatic nitrogens is 1. The van der Waals surface area contributed by atoms with E-state index in [4.69, 9.17) is 4.52 Å². The third kappa shape index (κ3) is 5.65. The van der Waals surface area contributed by atoms with E-state index >= 15 is 0 Å². The van der Waals surface area contributed by atoms with E-state index in [2.05, 4.69) is 43.2 Å². The van der Waals surface area contributed by atoms with Gasteiger partial charge in [-0.2, -0.15) is 0 Å². The quantitative estimate of drug-likeness (QED) is 0.717. The first-order valence-electron chi connectivity index (χ1n) is 8.78. The number of unbranched alkanes of at least 4 members (excludes halogenated alkanes) is 1. The average Bonchev–Trinajstić information content (AvgIpc) is 2.91. The van der Waals surface area contributed by atoms with E-state index in [-0.39, 0.29) is 11.3 Å². The van der Waals surface area contributed by atoms with Gasteiger partial charge >= 0.3 is 0 Å². The normalized spacial score (nSPS) is 14.0. The molecule has 0 radical (unpaired) electrons. The molecule has 1 aromatic rings. The minimum Gasteiger partial charge on any atom is -0.360 e. The van der Waals surface area contributed by atoms with Crippen LogP contribution in [-0.4, -0.2) is 42.6 Å². The third-order valence-electron chi connectivity index (χ3n) is 4.63. The topological polar surface area (TPSA) is 58.4 Å². The lowest BCUT2D eigenvalue weighted by Crippen LogP contribution is -2.43. The lowest BCUT2D eigenvalue weighted by molar-refractivity contribution is 0.0907. The summed E-state index contributed by atoms with van der Waals surface area (Å²) in [5, 5.41) is 6.96. The standard InChI is InChI=1S/C18H33N3O2/c1-7-10-11-21(6)13-18(5,9-3)12-19-17(22)16-14(4)15(8-2)23-20-16/h7-13H2,1-6H3,(H,19,22). The molecule has 0 aliphatic carbocycles. The second-order valence-electron chi connectivity index (χ2n) is 6.87. The highest BCUT2D eigenvalue weighted by Gasteiger charge is 2.26. The van der Waals surface area contributed by atoms with Gasteiger partial charge in [-0.1, -0.05) is 39.3 Å². The summed E-state index contributed by atoms with van der Waals surface area (Å²) in [5.41, 5.74) is 1.33. The molecule has 0 saturated carbocycles. The first-order valence-corrected chi connectivity index (χ1v) is 8.78. The molecule has 1 heterocycles. The van der Waals surface area contributed by atoms with Crippen LogP contribution in [0.25, 0.3) is 0 Å². The SMILES string of the molecule is CCCCN(C)CC(C)(CC)CNC(=O)c1noc(CC)c1C. The van der Waals surface area contributed by atoms with Crippen LogP contribution in [0.5, 0.6) is 0 Å². The Morgan fingerprint density at radius 3 is 2.57 bits per heavy atom. The fourth-order valence-electron chi connectivity index (χ4n) is 2.74. The molecule has 0 spiro atoms. The molecule has 5 nitrogen and oxygen atoms in total. The van der Waals surface area contributed by atoms with Crippen LogP contribution >= 0.6 is 0 Å². The van der Waals surface area contributed by atoms with Gasteiger partial charge in [0.25, 0.3) is 5.91 Å². The smallest absolute Gasteiger partial charge is 0.273 e. The van der Waals surface area contributed by atoms with E-state index in [1.165, 1.54) is 12.8 Å². The fourth-order valence-corrected chi connectivity index (χ4v) is 2.74. The fraction of sp³-hybridized carbons (Fsp3) is 0.778. The lowest BCUT2D eigenvalue weighted by Gasteiger charge is -2.33. The van der Waals surface area contributed by atoms with Gasteiger partial charge in [-0.15, -0.1) is 0 Å². The first-order chi connectivity index (χ1) is 10.9. The zero-order valence-corrected chi connectivity index (χ0v) is 15.7. The molecule has 0 fully saturated rings. The monoisotopic (exact) mass is 323 g/mol. The molecule has 23 heavy (non-hydrogen) atoms. The Kier molecular flexibility index (Phi) is 7.76. The second-order valence-corrected chi connectivity index (χ2v) is 6.87. The summed E-state index contributed by atoms with van der Waals surface area (Å²) in [7, 11) is 2.15. The maximum Gasteiger partial charge on any atom is 0.273 e. The summed E-state index contributed by atoms with van der Waals surface area (Å²) in [6.07, 6.45) is 4.18. The van der Waals surface area contributed by atoms with Gasteiger partial charge in [-0.05, 0) is 38.8 Å². The van der Waals surface area contributed by atoms with Crippen molar-refractivity contribution >= 4 is 5.91 Å². The van der Waals surface area contributed by atoms with Crippen molar-refractivity contribution in [2.75, 3.05) is 26.7 Å². The second kappa shape index (κ2) is 9.06. The maximum absolute atomic E-state index is 12.4. The van der Waals surface area contributed by atoms with Gasteiger partial charge in [0.2, 0.25) is 0 Å². The Labute approximate surface area is 140 Å². The molecule has 0 aliphatic rings. The predicted octanol–water partition coefficient (Wildman–Crippen LogP) is 3.42. The van der Waals surface area contributed by atoms with Crippen molar-refractivity contribution in [2.45, 2.75) is 60.3 Å². The molecule has 132 valence electrons. The zero-order chi connectivity index (χ0) is 17.5. The van der Waals surface area contributed by atoms with Crippen LogP contribution < -0.4 is 5.32 Å².